The molecule has 1 aromatic carbocycles. The number of benzene rings is 1. The van der Waals surface area contributed by atoms with Crippen LogP contribution in [0.3, 0.4) is 0 Å². The van der Waals surface area contributed by atoms with Crippen molar-refractivity contribution in [3.05, 3.63) is 35.7 Å². The number of ether oxygens (including phenoxy) is 3. The SMILES string of the molecule is COc1ccc(CC(N)c2c(OC)cnn2C)cc1OC. The van der Waals surface area contributed by atoms with Crippen LogP contribution in [-0.2, 0) is 13.5 Å². The van der Waals surface area contributed by atoms with Gasteiger partial charge in [-0.05, 0) is 24.1 Å². The van der Waals surface area contributed by atoms with Gasteiger partial charge in [-0.2, -0.15) is 5.10 Å². The van der Waals surface area contributed by atoms with E-state index in [1.54, 1.807) is 32.2 Å². The summed E-state index contributed by atoms with van der Waals surface area (Å²) >= 11 is 0. The van der Waals surface area contributed by atoms with Gasteiger partial charge in [0.25, 0.3) is 0 Å². The molecule has 1 unspecified atom stereocenters. The molecule has 1 aromatic heterocycles. The normalized spacial score (nSPS) is 12.0. The summed E-state index contributed by atoms with van der Waals surface area (Å²) < 4.78 is 17.6. The summed E-state index contributed by atoms with van der Waals surface area (Å²) in [6.45, 7) is 0. The van der Waals surface area contributed by atoms with E-state index in [1.807, 2.05) is 25.2 Å². The van der Waals surface area contributed by atoms with E-state index in [1.165, 1.54) is 0 Å². The minimum atomic E-state index is -0.217. The van der Waals surface area contributed by atoms with Crippen molar-refractivity contribution in [2.75, 3.05) is 21.3 Å². The fourth-order valence-corrected chi connectivity index (χ4v) is 2.37. The zero-order chi connectivity index (χ0) is 15.4. The molecular formula is C15H21N3O3. The molecule has 0 aliphatic carbocycles. The highest BCUT2D eigenvalue weighted by Crippen LogP contribution is 2.30. The Hall–Kier alpha value is -2.21. The van der Waals surface area contributed by atoms with E-state index in [0.717, 1.165) is 11.3 Å². The van der Waals surface area contributed by atoms with E-state index < -0.39 is 0 Å². The molecule has 0 amide bonds. The predicted molar refractivity (Wildman–Crippen MR) is 79.9 cm³/mol. The molecule has 1 heterocycles. The number of nitrogens with zero attached hydrogens (tertiary/aromatic N) is 2. The molecule has 2 N–H and O–H groups in total. The van der Waals surface area contributed by atoms with Gasteiger partial charge in [0.05, 0.1) is 39.3 Å². The standard InChI is InChI=1S/C15H21N3O3/c1-18-15(14(21-4)9-17-18)11(16)7-10-5-6-12(19-2)13(8-10)20-3/h5-6,8-9,11H,7,16H2,1-4H3. The summed E-state index contributed by atoms with van der Waals surface area (Å²) in [5.74, 6) is 2.09. The van der Waals surface area contributed by atoms with E-state index in [2.05, 4.69) is 5.10 Å². The van der Waals surface area contributed by atoms with Crippen LogP contribution in [0.25, 0.3) is 0 Å². The first-order chi connectivity index (χ1) is 10.1. The average Bonchev–Trinajstić information content (AvgIpc) is 2.88. The van der Waals surface area contributed by atoms with Crippen molar-refractivity contribution in [1.29, 1.82) is 0 Å². The number of rotatable bonds is 6. The third kappa shape index (κ3) is 3.11. The smallest absolute Gasteiger partial charge is 0.161 e. The number of hydrogen-bond donors (Lipinski definition) is 1. The van der Waals surface area contributed by atoms with Gasteiger partial charge in [0, 0.05) is 7.05 Å². The van der Waals surface area contributed by atoms with Gasteiger partial charge in [0.15, 0.2) is 17.2 Å². The van der Waals surface area contributed by atoms with Crippen molar-refractivity contribution in [1.82, 2.24) is 9.78 Å². The van der Waals surface area contributed by atoms with Crippen molar-refractivity contribution in [2.45, 2.75) is 12.5 Å². The lowest BCUT2D eigenvalue weighted by Crippen LogP contribution is -2.18. The fraction of sp³-hybridized carbons (Fsp3) is 0.400. The summed E-state index contributed by atoms with van der Waals surface area (Å²) in [7, 11) is 6.70. The van der Waals surface area contributed by atoms with E-state index in [9.17, 15) is 0 Å². The van der Waals surface area contributed by atoms with Crippen LogP contribution in [0.2, 0.25) is 0 Å². The lowest BCUT2D eigenvalue weighted by molar-refractivity contribution is 0.354. The molecule has 0 aliphatic rings. The predicted octanol–water partition coefficient (Wildman–Crippen LogP) is 1.69. The molecule has 6 nitrogen and oxygen atoms in total. The van der Waals surface area contributed by atoms with Crippen LogP contribution in [-0.4, -0.2) is 31.1 Å². The minimum Gasteiger partial charge on any atom is -0.493 e. The van der Waals surface area contributed by atoms with Crippen molar-refractivity contribution in [2.24, 2.45) is 12.8 Å². The van der Waals surface area contributed by atoms with Gasteiger partial charge in [0.1, 0.15) is 0 Å². The molecule has 0 fully saturated rings. The molecule has 1 atom stereocenters. The molecule has 6 heteroatoms. The van der Waals surface area contributed by atoms with Crippen LogP contribution in [0, 0.1) is 0 Å². The Kier molecular flexibility index (Phi) is 4.70. The molecular weight excluding hydrogens is 270 g/mol. The van der Waals surface area contributed by atoms with Gasteiger partial charge in [-0.3, -0.25) is 4.68 Å². The van der Waals surface area contributed by atoms with Crippen molar-refractivity contribution < 1.29 is 14.2 Å². The lowest BCUT2D eigenvalue weighted by Gasteiger charge is -2.15. The molecule has 114 valence electrons. The maximum atomic E-state index is 6.30. The van der Waals surface area contributed by atoms with Gasteiger partial charge in [-0.1, -0.05) is 6.07 Å². The van der Waals surface area contributed by atoms with Gasteiger partial charge < -0.3 is 19.9 Å². The van der Waals surface area contributed by atoms with E-state index in [0.29, 0.717) is 23.7 Å². The first kappa shape index (κ1) is 15.2. The van der Waals surface area contributed by atoms with Crippen LogP contribution >= 0.6 is 0 Å². The first-order valence-electron chi connectivity index (χ1n) is 6.63. The third-order valence-electron chi connectivity index (χ3n) is 3.42. The van der Waals surface area contributed by atoms with E-state index in [-0.39, 0.29) is 6.04 Å². The number of methoxy groups -OCH3 is 3. The van der Waals surface area contributed by atoms with Crippen LogP contribution in [0.1, 0.15) is 17.3 Å². The number of aryl methyl sites for hydroxylation is 1. The average molecular weight is 291 g/mol. The Bertz CT molecular complexity index is 610. The number of nitrogens with two attached hydrogens (primary N) is 1. The van der Waals surface area contributed by atoms with E-state index in [4.69, 9.17) is 19.9 Å². The Labute approximate surface area is 124 Å². The van der Waals surface area contributed by atoms with E-state index >= 15 is 0 Å². The second-order valence-electron chi connectivity index (χ2n) is 4.72. The molecule has 21 heavy (non-hydrogen) atoms. The van der Waals surface area contributed by atoms with Crippen LogP contribution in [0.15, 0.2) is 24.4 Å². The molecule has 0 radical (unpaired) electrons. The zero-order valence-electron chi connectivity index (χ0n) is 12.8. The van der Waals surface area contributed by atoms with Crippen molar-refractivity contribution in [3.8, 4) is 17.2 Å². The molecule has 0 saturated carbocycles. The lowest BCUT2D eigenvalue weighted by atomic mass is 10.0. The van der Waals surface area contributed by atoms with Crippen molar-refractivity contribution >= 4 is 0 Å². The second kappa shape index (κ2) is 6.49. The van der Waals surface area contributed by atoms with Gasteiger partial charge in [0.2, 0.25) is 0 Å². The summed E-state index contributed by atoms with van der Waals surface area (Å²) in [4.78, 5) is 0. The van der Waals surface area contributed by atoms with Crippen LogP contribution in [0.5, 0.6) is 17.2 Å². The zero-order valence-corrected chi connectivity index (χ0v) is 12.8. The molecule has 0 bridgehead atoms. The monoisotopic (exact) mass is 291 g/mol. The summed E-state index contributed by atoms with van der Waals surface area (Å²) in [5, 5.41) is 4.18. The number of aromatic nitrogens is 2. The quantitative estimate of drug-likeness (QED) is 0.877. The summed E-state index contributed by atoms with van der Waals surface area (Å²) in [5.41, 5.74) is 8.22. The first-order valence-corrected chi connectivity index (χ1v) is 6.63. The topological polar surface area (TPSA) is 71.5 Å². The fourth-order valence-electron chi connectivity index (χ4n) is 2.37. The third-order valence-corrected chi connectivity index (χ3v) is 3.42. The molecule has 0 aliphatic heterocycles. The Morgan fingerprint density at radius 2 is 1.76 bits per heavy atom. The Morgan fingerprint density at radius 3 is 2.38 bits per heavy atom. The summed E-state index contributed by atoms with van der Waals surface area (Å²) in [6.07, 6.45) is 2.32. The van der Waals surface area contributed by atoms with Gasteiger partial charge >= 0.3 is 0 Å². The minimum absolute atomic E-state index is 0.217. The summed E-state index contributed by atoms with van der Waals surface area (Å²) in [6, 6.07) is 5.57. The van der Waals surface area contributed by atoms with Gasteiger partial charge in [-0.25, -0.2) is 0 Å². The van der Waals surface area contributed by atoms with Crippen LogP contribution < -0.4 is 19.9 Å². The molecule has 0 saturated heterocycles. The van der Waals surface area contributed by atoms with Crippen LogP contribution in [0.4, 0.5) is 0 Å². The highest BCUT2D eigenvalue weighted by Gasteiger charge is 2.18. The second-order valence-corrected chi connectivity index (χ2v) is 4.72. The Balaban J connectivity index is 2.23. The maximum absolute atomic E-state index is 6.30. The molecule has 2 aromatic rings. The highest BCUT2D eigenvalue weighted by atomic mass is 16.5. The maximum Gasteiger partial charge on any atom is 0.161 e. The van der Waals surface area contributed by atoms with Gasteiger partial charge in [-0.15, -0.1) is 0 Å². The van der Waals surface area contributed by atoms with Crippen molar-refractivity contribution in [3.63, 3.8) is 0 Å². The molecule has 0 spiro atoms. The Morgan fingerprint density at radius 1 is 1.10 bits per heavy atom. The highest BCUT2D eigenvalue weighted by molar-refractivity contribution is 5.43. The molecule has 2 rings (SSSR count). The number of hydrogen-bond acceptors (Lipinski definition) is 5. The largest absolute Gasteiger partial charge is 0.493 e.